The minimum Gasteiger partial charge on any atom is -0.471 e. The fourth-order valence-electron chi connectivity index (χ4n) is 4.78. The SMILES string of the molecule is CCOC(=O)N1CCN(c2ccc(NC34N=CC(C)=C(NO3)N4c3ccc4c(c3)NCO4)cc2)CC1. The number of piperazine rings is 1. The fourth-order valence-corrected chi connectivity index (χ4v) is 4.78. The van der Waals surface area contributed by atoms with Crippen LogP contribution in [0.1, 0.15) is 13.8 Å². The highest BCUT2D eigenvalue weighted by atomic mass is 16.7. The van der Waals surface area contributed by atoms with Gasteiger partial charge < -0.3 is 29.9 Å². The predicted octanol–water partition coefficient (Wildman–Crippen LogP) is 3.11. The number of hydroxylamine groups is 1. The van der Waals surface area contributed by atoms with Gasteiger partial charge >= 0.3 is 12.1 Å². The van der Waals surface area contributed by atoms with E-state index in [0.29, 0.717) is 26.4 Å². The van der Waals surface area contributed by atoms with E-state index in [1.165, 1.54) is 0 Å². The monoisotopic (exact) mass is 491 g/mol. The lowest BCUT2D eigenvalue weighted by Crippen LogP contribution is -2.51. The molecule has 0 radical (unpaired) electrons. The first-order valence-corrected chi connectivity index (χ1v) is 12.1. The zero-order valence-corrected chi connectivity index (χ0v) is 20.3. The molecule has 1 amide bonds. The van der Waals surface area contributed by atoms with Crippen molar-refractivity contribution in [1.29, 1.82) is 0 Å². The average Bonchev–Trinajstić information content (AvgIpc) is 3.48. The molecule has 4 aliphatic rings. The van der Waals surface area contributed by atoms with E-state index in [1.807, 2.05) is 55.3 Å². The van der Waals surface area contributed by atoms with Crippen LogP contribution < -0.4 is 30.7 Å². The quantitative estimate of drug-likeness (QED) is 0.582. The number of ether oxygens (including phenoxy) is 2. The third kappa shape index (κ3) is 3.81. The minimum absolute atomic E-state index is 0.242. The second-order valence-corrected chi connectivity index (χ2v) is 8.93. The number of carbonyl (C=O) groups excluding carboxylic acids is 1. The normalized spacial score (nSPS) is 22.1. The van der Waals surface area contributed by atoms with Crippen molar-refractivity contribution >= 4 is 35.1 Å². The Bertz CT molecular complexity index is 1220. The molecule has 2 fully saturated rings. The molecule has 11 nitrogen and oxygen atoms in total. The van der Waals surface area contributed by atoms with Gasteiger partial charge in [-0.25, -0.2) is 20.1 Å². The van der Waals surface area contributed by atoms with Crippen molar-refractivity contribution < 1.29 is 19.1 Å². The number of rotatable bonds is 5. The summed E-state index contributed by atoms with van der Waals surface area (Å²) in [4.78, 5) is 28.8. The van der Waals surface area contributed by atoms with Gasteiger partial charge in [0.25, 0.3) is 0 Å². The molecule has 3 N–H and O–H groups in total. The van der Waals surface area contributed by atoms with E-state index in [4.69, 9.17) is 19.3 Å². The number of carbonyl (C=O) groups is 1. The first kappa shape index (κ1) is 22.4. The Morgan fingerprint density at radius 3 is 2.69 bits per heavy atom. The molecule has 2 bridgehead atoms. The standard InChI is InChI=1S/C25H29N7O4/c1-3-34-24(33)31-12-10-30(11-13-31)19-6-4-18(5-7-19)28-25-27-15-17(2)23(29-36-25)32(25)20-8-9-22-21(14-20)26-16-35-22/h4-9,14-15,26,28-29H,3,10-13,16H2,1-2H3. The summed E-state index contributed by atoms with van der Waals surface area (Å²) in [6, 6.07) is 14.1. The number of hydrogen-bond acceptors (Lipinski definition) is 10. The number of anilines is 4. The van der Waals surface area contributed by atoms with E-state index in [9.17, 15) is 4.79 Å². The summed E-state index contributed by atoms with van der Waals surface area (Å²) in [5, 5.41) is 6.70. The Labute approximate surface area is 209 Å². The molecule has 0 saturated carbocycles. The molecule has 188 valence electrons. The maximum atomic E-state index is 12.0. The smallest absolute Gasteiger partial charge is 0.409 e. The molecule has 6 rings (SSSR count). The van der Waals surface area contributed by atoms with Gasteiger partial charge in [-0.1, -0.05) is 0 Å². The molecule has 1 unspecified atom stereocenters. The first-order valence-electron chi connectivity index (χ1n) is 12.1. The molecule has 0 aromatic heterocycles. The fraction of sp³-hybridized carbons (Fsp3) is 0.360. The average molecular weight is 492 g/mol. The summed E-state index contributed by atoms with van der Waals surface area (Å²) < 4.78 is 10.7. The van der Waals surface area contributed by atoms with Crippen molar-refractivity contribution in [1.82, 2.24) is 10.4 Å². The summed E-state index contributed by atoms with van der Waals surface area (Å²) in [6.45, 7) is 7.45. The Hall–Kier alpha value is -4.12. The summed E-state index contributed by atoms with van der Waals surface area (Å²) in [5.41, 5.74) is 7.81. The van der Waals surface area contributed by atoms with Gasteiger partial charge in [0.05, 0.1) is 18.0 Å². The van der Waals surface area contributed by atoms with E-state index in [0.717, 1.165) is 53.0 Å². The number of nitrogens with one attached hydrogen (secondary N) is 3. The third-order valence-electron chi connectivity index (χ3n) is 6.68. The molecular formula is C25H29N7O4. The molecule has 2 aromatic carbocycles. The lowest BCUT2D eigenvalue weighted by Gasteiger charge is -2.37. The van der Waals surface area contributed by atoms with Crippen LogP contribution >= 0.6 is 0 Å². The molecular weight excluding hydrogens is 462 g/mol. The number of benzene rings is 2. The molecule has 0 aliphatic carbocycles. The van der Waals surface area contributed by atoms with Gasteiger partial charge in [-0.05, 0) is 56.3 Å². The molecule has 4 aliphatic heterocycles. The number of fused-ring (bicyclic) bond motifs is 3. The Morgan fingerprint density at radius 2 is 1.92 bits per heavy atom. The second-order valence-electron chi connectivity index (χ2n) is 8.93. The second kappa shape index (κ2) is 8.83. The lowest BCUT2D eigenvalue weighted by molar-refractivity contribution is -0.0214. The number of allylic oxidation sites excluding steroid dienone is 1. The van der Waals surface area contributed by atoms with Crippen LogP contribution in [0.25, 0.3) is 0 Å². The molecule has 11 heteroatoms. The van der Waals surface area contributed by atoms with E-state index in [1.54, 1.807) is 4.90 Å². The Balaban J connectivity index is 1.19. The molecule has 4 heterocycles. The number of hydrogen-bond donors (Lipinski definition) is 3. The minimum atomic E-state index is -1.17. The van der Waals surface area contributed by atoms with Crippen LogP contribution in [0.4, 0.5) is 27.5 Å². The van der Waals surface area contributed by atoms with E-state index in [2.05, 4.69) is 33.1 Å². The Kier molecular flexibility index (Phi) is 5.48. The highest BCUT2D eigenvalue weighted by Crippen LogP contribution is 2.42. The van der Waals surface area contributed by atoms with Crippen molar-refractivity contribution in [2.75, 3.05) is 60.0 Å². The summed E-state index contributed by atoms with van der Waals surface area (Å²) in [7, 11) is 0. The van der Waals surface area contributed by atoms with Crippen LogP contribution in [0.15, 0.2) is 58.9 Å². The lowest BCUT2D eigenvalue weighted by atomic mass is 10.2. The third-order valence-corrected chi connectivity index (χ3v) is 6.68. The zero-order valence-electron chi connectivity index (χ0n) is 20.3. The molecule has 36 heavy (non-hydrogen) atoms. The van der Waals surface area contributed by atoms with Crippen molar-refractivity contribution in [3.05, 3.63) is 53.9 Å². The van der Waals surface area contributed by atoms with Crippen LogP contribution in [0.2, 0.25) is 0 Å². The summed E-state index contributed by atoms with van der Waals surface area (Å²) >= 11 is 0. The van der Waals surface area contributed by atoms with E-state index in [-0.39, 0.29) is 6.09 Å². The first-order chi connectivity index (χ1) is 17.6. The van der Waals surface area contributed by atoms with Crippen LogP contribution in [-0.4, -0.2) is 62.7 Å². The van der Waals surface area contributed by atoms with Crippen molar-refractivity contribution in [2.24, 2.45) is 4.99 Å². The number of aliphatic imine (C=N–C) groups is 1. The maximum absolute atomic E-state index is 12.0. The Morgan fingerprint density at radius 1 is 1.14 bits per heavy atom. The van der Waals surface area contributed by atoms with Crippen LogP contribution in [0.3, 0.4) is 0 Å². The number of nitrogens with zero attached hydrogens (tertiary/aromatic N) is 4. The van der Waals surface area contributed by atoms with Gasteiger partial charge in [-0.15, -0.1) is 0 Å². The van der Waals surface area contributed by atoms with Crippen LogP contribution in [0.5, 0.6) is 5.75 Å². The maximum Gasteiger partial charge on any atom is 0.409 e. The highest BCUT2D eigenvalue weighted by molar-refractivity contribution is 5.85. The molecule has 2 saturated heterocycles. The van der Waals surface area contributed by atoms with Crippen molar-refractivity contribution in [2.45, 2.75) is 19.8 Å². The molecule has 2 aromatic rings. The van der Waals surface area contributed by atoms with Gasteiger partial charge in [0, 0.05) is 49.3 Å². The van der Waals surface area contributed by atoms with Gasteiger partial charge in [0.2, 0.25) is 0 Å². The zero-order chi connectivity index (χ0) is 24.7. The topological polar surface area (TPSA) is 103 Å². The van der Waals surface area contributed by atoms with Crippen molar-refractivity contribution in [3.8, 4) is 5.75 Å². The van der Waals surface area contributed by atoms with Gasteiger partial charge in [0.1, 0.15) is 11.6 Å². The van der Waals surface area contributed by atoms with Gasteiger partial charge in [-0.2, -0.15) is 0 Å². The predicted molar refractivity (Wildman–Crippen MR) is 137 cm³/mol. The van der Waals surface area contributed by atoms with Crippen LogP contribution in [-0.2, 0) is 9.57 Å². The van der Waals surface area contributed by atoms with Gasteiger partial charge in [-0.3, -0.25) is 4.90 Å². The van der Waals surface area contributed by atoms with Gasteiger partial charge in [0.15, 0.2) is 6.73 Å². The summed E-state index contributed by atoms with van der Waals surface area (Å²) in [6.07, 6.45) is 1.57. The molecule has 0 spiro atoms. The highest BCUT2D eigenvalue weighted by Gasteiger charge is 2.49. The van der Waals surface area contributed by atoms with Crippen LogP contribution in [0, 0.1) is 0 Å². The molecule has 1 atom stereocenters. The number of amides is 1. The van der Waals surface area contributed by atoms with E-state index < -0.39 is 5.97 Å². The summed E-state index contributed by atoms with van der Waals surface area (Å²) in [5.74, 6) is 0.481. The largest absolute Gasteiger partial charge is 0.471 e. The van der Waals surface area contributed by atoms with E-state index >= 15 is 0 Å². The van der Waals surface area contributed by atoms with Crippen molar-refractivity contribution in [3.63, 3.8) is 0 Å².